The topological polar surface area (TPSA) is 69.4 Å². The van der Waals surface area contributed by atoms with Gasteiger partial charge in [-0.15, -0.1) is 0 Å². The van der Waals surface area contributed by atoms with Crippen molar-refractivity contribution in [2.75, 3.05) is 7.11 Å². The van der Waals surface area contributed by atoms with E-state index in [1.165, 1.54) is 7.11 Å². The van der Waals surface area contributed by atoms with E-state index in [2.05, 4.69) is 4.74 Å². The van der Waals surface area contributed by atoms with E-state index in [-0.39, 0.29) is 4.92 Å². The minimum atomic E-state index is -0.869. The summed E-state index contributed by atoms with van der Waals surface area (Å²) >= 11 is 1.13. The molecule has 1 rings (SSSR count). The second-order valence-electron chi connectivity index (χ2n) is 3.88. The molecule has 0 N–H and O–H groups in total. The van der Waals surface area contributed by atoms with Crippen molar-refractivity contribution < 1.29 is 14.5 Å². The SMILES string of the molecule is COC(=O)C(C)(C)C1C=CSC1[N+](=O)[O-]. The standard InChI is InChI=1S/C9H13NO4S/c1-9(2,8(11)14-3)6-4-5-15-7(6)10(12)13/h4-7H,1-3H3. The molecule has 1 aliphatic heterocycles. The van der Waals surface area contributed by atoms with Crippen molar-refractivity contribution >= 4 is 17.7 Å². The molecular formula is C9H13NO4S. The van der Waals surface area contributed by atoms with Crippen LogP contribution in [0.25, 0.3) is 0 Å². The molecular weight excluding hydrogens is 218 g/mol. The van der Waals surface area contributed by atoms with Gasteiger partial charge in [0.25, 0.3) is 5.37 Å². The zero-order valence-electron chi connectivity index (χ0n) is 8.80. The molecule has 0 spiro atoms. The number of nitro groups is 1. The van der Waals surface area contributed by atoms with Crippen molar-refractivity contribution in [3.05, 3.63) is 21.6 Å². The van der Waals surface area contributed by atoms with Gasteiger partial charge in [0.2, 0.25) is 0 Å². The van der Waals surface area contributed by atoms with Gasteiger partial charge in [0.1, 0.15) is 0 Å². The smallest absolute Gasteiger partial charge is 0.312 e. The molecule has 0 aromatic rings. The van der Waals surface area contributed by atoms with Gasteiger partial charge in [0, 0.05) is 4.92 Å². The number of rotatable bonds is 3. The van der Waals surface area contributed by atoms with Crippen LogP contribution in [0.4, 0.5) is 0 Å². The molecule has 1 aliphatic rings. The van der Waals surface area contributed by atoms with Gasteiger partial charge in [-0.3, -0.25) is 14.9 Å². The van der Waals surface area contributed by atoms with E-state index in [0.29, 0.717) is 0 Å². The molecule has 84 valence electrons. The number of methoxy groups -OCH3 is 1. The highest BCUT2D eigenvalue weighted by atomic mass is 32.2. The van der Waals surface area contributed by atoms with Crippen LogP contribution in [0.2, 0.25) is 0 Å². The van der Waals surface area contributed by atoms with Gasteiger partial charge in [-0.25, -0.2) is 0 Å². The monoisotopic (exact) mass is 231 g/mol. The third-order valence-corrected chi connectivity index (χ3v) is 3.62. The molecule has 0 aromatic carbocycles. The second-order valence-corrected chi connectivity index (χ2v) is 4.91. The number of carbonyl (C=O) groups excluding carboxylic acids is 1. The van der Waals surface area contributed by atoms with E-state index in [4.69, 9.17) is 0 Å². The Labute approximate surface area is 92.0 Å². The Morgan fingerprint density at radius 1 is 1.60 bits per heavy atom. The van der Waals surface area contributed by atoms with E-state index in [0.717, 1.165) is 11.8 Å². The van der Waals surface area contributed by atoms with E-state index in [1.807, 2.05) is 0 Å². The normalized spacial score (nSPS) is 25.3. The Kier molecular flexibility index (Phi) is 3.38. The largest absolute Gasteiger partial charge is 0.469 e. The Morgan fingerprint density at radius 3 is 2.67 bits per heavy atom. The number of nitrogens with zero attached hydrogens (tertiary/aromatic N) is 1. The molecule has 0 aromatic heterocycles. The number of ether oxygens (including phenoxy) is 1. The fraction of sp³-hybridized carbons (Fsp3) is 0.667. The Bertz CT molecular complexity index is 313. The third-order valence-electron chi connectivity index (χ3n) is 2.56. The van der Waals surface area contributed by atoms with E-state index >= 15 is 0 Å². The number of hydrogen-bond acceptors (Lipinski definition) is 5. The lowest BCUT2D eigenvalue weighted by atomic mass is 9.79. The van der Waals surface area contributed by atoms with Crippen LogP contribution in [-0.2, 0) is 9.53 Å². The predicted molar refractivity (Wildman–Crippen MR) is 56.8 cm³/mol. The Morgan fingerprint density at radius 2 is 2.20 bits per heavy atom. The molecule has 0 aliphatic carbocycles. The van der Waals surface area contributed by atoms with Crippen molar-refractivity contribution in [1.82, 2.24) is 0 Å². The molecule has 2 unspecified atom stereocenters. The molecule has 0 radical (unpaired) electrons. The van der Waals surface area contributed by atoms with Crippen LogP contribution < -0.4 is 0 Å². The van der Waals surface area contributed by atoms with Gasteiger partial charge >= 0.3 is 5.97 Å². The lowest BCUT2D eigenvalue weighted by molar-refractivity contribution is -0.503. The molecule has 0 bridgehead atoms. The molecule has 5 nitrogen and oxygen atoms in total. The highest BCUT2D eigenvalue weighted by Crippen LogP contribution is 2.42. The average Bonchev–Trinajstić information content (AvgIpc) is 2.65. The average molecular weight is 231 g/mol. The fourth-order valence-corrected chi connectivity index (χ4v) is 2.69. The van der Waals surface area contributed by atoms with Crippen molar-refractivity contribution in [2.45, 2.75) is 19.2 Å². The van der Waals surface area contributed by atoms with Gasteiger partial charge in [-0.05, 0) is 19.3 Å². The summed E-state index contributed by atoms with van der Waals surface area (Å²) in [6, 6.07) is 0. The van der Waals surface area contributed by atoms with Crippen LogP contribution >= 0.6 is 11.8 Å². The highest BCUT2D eigenvalue weighted by molar-refractivity contribution is 8.02. The van der Waals surface area contributed by atoms with Crippen LogP contribution in [0.15, 0.2) is 11.5 Å². The van der Waals surface area contributed by atoms with E-state index in [9.17, 15) is 14.9 Å². The highest BCUT2D eigenvalue weighted by Gasteiger charge is 2.48. The maximum absolute atomic E-state index is 11.5. The summed E-state index contributed by atoms with van der Waals surface area (Å²) in [5.41, 5.74) is -0.869. The zero-order valence-corrected chi connectivity index (χ0v) is 9.61. The summed E-state index contributed by atoms with van der Waals surface area (Å²) in [5, 5.41) is 11.6. The van der Waals surface area contributed by atoms with Crippen LogP contribution in [0.3, 0.4) is 0 Å². The van der Waals surface area contributed by atoms with Crippen molar-refractivity contribution in [3.8, 4) is 0 Å². The molecule has 1 heterocycles. The molecule has 6 heteroatoms. The maximum Gasteiger partial charge on any atom is 0.312 e. The van der Waals surface area contributed by atoms with Crippen LogP contribution in [0, 0.1) is 21.4 Å². The van der Waals surface area contributed by atoms with Crippen LogP contribution in [-0.4, -0.2) is 23.4 Å². The van der Waals surface area contributed by atoms with Crippen molar-refractivity contribution in [1.29, 1.82) is 0 Å². The summed E-state index contributed by atoms with van der Waals surface area (Å²) in [7, 11) is 1.29. The van der Waals surface area contributed by atoms with E-state index in [1.54, 1.807) is 25.3 Å². The van der Waals surface area contributed by atoms with Crippen molar-refractivity contribution in [2.24, 2.45) is 11.3 Å². The quantitative estimate of drug-likeness (QED) is 0.420. The maximum atomic E-state index is 11.5. The number of esters is 1. The number of hydrogen-bond donors (Lipinski definition) is 0. The van der Waals surface area contributed by atoms with Gasteiger partial charge in [-0.1, -0.05) is 17.8 Å². The van der Waals surface area contributed by atoms with Crippen LogP contribution in [0.1, 0.15) is 13.8 Å². The summed E-state index contributed by atoms with van der Waals surface area (Å²) in [6.07, 6.45) is 1.70. The predicted octanol–water partition coefficient (Wildman–Crippen LogP) is 1.67. The van der Waals surface area contributed by atoms with Crippen LogP contribution in [0.5, 0.6) is 0 Å². The minimum Gasteiger partial charge on any atom is -0.469 e. The van der Waals surface area contributed by atoms with Gasteiger partial charge in [0.15, 0.2) is 0 Å². The first-order chi connectivity index (χ1) is 6.91. The lowest BCUT2D eigenvalue weighted by Crippen LogP contribution is -2.39. The Balaban J connectivity index is 2.90. The molecule has 15 heavy (non-hydrogen) atoms. The second kappa shape index (κ2) is 4.22. The fourth-order valence-electron chi connectivity index (χ4n) is 1.57. The summed E-state index contributed by atoms with van der Waals surface area (Å²) in [4.78, 5) is 21.9. The molecule has 2 atom stereocenters. The molecule has 0 saturated carbocycles. The Hall–Kier alpha value is -1.04. The van der Waals surface area contributed by atoms with E-state index < -0.39 is 22.7 Å². The molecule has 0 saturated heterocycles. The third kappa shape index (κ3) is 2.14. The first-order valence-corrected chi connectivity index (χ1v) is 5.39. The zero-order chi connectivity index (χ0) is 11.6. The van der Waals surface area contributed by atoms with Gasteiger partial charge in [0.05, 0.1) is 18.4 Å². The van der Waals surface area contributed by atoms with Gasteiger partial charge < -0.3 is 4.74 Å². The summed E-state index contributed by atoms with van der Waals surface area (Å²) in [6.45, 7) is 3.33. The summed E-state index contributed by atoms with van der Waals surface area (Å²) in [5.74, 6) is -0.851. The molecule has 0 amide bonds. The number of carbonyl (C=O) groups is 1. The number of thioether (sulfide) groups is 1. The van der Waals surface area contributed by atoms with Gasteiger partial charge in [-0.2, -0.15) is 0 Å². The summed E-state index contributed by atoms with van der Waals surface area (Å²) < 4.78 is 4.65. The molecule has 0 fully saturated rings. The first kappa shape index (κ1) is 12.0. The lowest BCUT2D eigenvalue weighted by Gasteiger charge is -2.27. The first-order valence-electron chi connectivity index (χ1n) is 4.45. The van der Waals surface area contributed by atoms with Crippen molar-refractivity contribution in [3.63, 3.8) is 0 Å². The minimum absolute atomic E-state index is 0.361.